The third-order valence-corrected chi connectivity index (χ3v) is 7.42. The summed E-state index contributed by atoms with van der Waals surface area (Å²) in [6, 6.07) is 12.3. The summed E-state index contributed by atoms with van der Waals surface area (Å²) in [6.07, 6.45) is 1.47. The van der Waals surface area contributed by atoms with Gasteiger partial charge in [0.1, 0.15) is 9.96 Å². The maximum atomic E-state index is 12.3. The van der Waals surface area contributed by atoms with Crippen LogP contribution in [0.2, 0.25) is 0 Å². The van der Waals surface area contributed by atoms with Crippen molar-refractivity contribution in [2.24, 2.45) is 0 Å². The van der Waals surface area contributed by atoms with Crippen LogP contribution in [0.15, 0.2) is 46.0 Å². The van der Waals surface area contributed by atoms with Crippen LogP contribution in [0.3, 0.4) is 0 Å². The number of hydrogen-bond acceptors (Lipinski definition) is 6. The van der Waals surface area contributed by atoms with Crippen molar-refractivity contribution >= 4 is 27.3 Å². The number of rotatable bonds is 7. The Morgan fingerprint density at radius 2 is 1.96 bits per heavy atom. The zero-order valence-electron chi connectivity index (χ0n) is 15.2. The van der Waals surface area contributed by atoms with Gasteiger partial charge >= 0.3 is 0 Å². The van der Waals surface area contributed by atoms with E-state index in [4.69, 9.17) is 10.00 Å². The van der Waals surface area contributed by atoms with Crippen molar-refractivity contribution in [2.75, 3.05) is 19.7 Å². The van der Waals surface area contributed by atoms with Crippen LogP contribution in [0, 0.1) is 11.3 Å². The van der Waals surface area contributed by atoms with Gasteiger partial charge in [-0.1, -0.05) is 18.2 Å². The first-order valence-corrected chi connectivity index (χ1v) is 11.3. The fraction of sp³-hybridized carbons (Fsp3) is 0.368. The van der Waals surface area contributed by atoms with Gasteiger partial charge in [-0.25, -0.2) is 13.1 Å². The molecule has 1 aromatic heterocycles. The highest BCUT2D eigenvalue weighted by Gasteiger charge is 2.27. The number of nitrogens with zero attached hydrogens (tertiary/aromatic N) is 2. The fourth-order valence-electron chi connectivity index (χ4n) is 2.97. The third kappa shape index (κ3) is 5.32. The van der Waals surface area contributed by atoms with Gasteiger partial charge in [0, 0.05) is 19.1 Å². The molecule has 1 fully saturated rings. The van der Waals surface area contributed by atoms with E-state index in [1.54, 1.807) is 46.7 Å². The molecule has 0 atom stereocenters. The molecular formula is C19H21N3O4S2. The third-order valence-electron chi connectivity index (χ3n) is 4.50. The average molecular weight is 420 g/mol. The first kappa shape index (κ1) is 20.3. The van der Waals surface area contributed by atoms with Crippen LogP contribution >= 0.6 is 11.3 Å². The number of hydrogen-bond donors (Lipinski definition) is 1. The van der Waals surface area contributed by atoms with Crippen LogP contribution in [-0.4, -0.2) is 45.0 Å². The van der Waals surface area contributed by atoms with Gasteiger partial charge in [-0.2, -0.15) is 5.26 Å². The summed E-state index contributed by atoms with van der Waals surface area (Å²) >= 11 is 1.18. The quantitative estimate of drug-likeness (QED) is 0.741. The molecule has 9 heteroatoms. The second-order valence-corrected chi connectivity index (χ2v) is 9.36. The zero-order valence-corrected chi connectivity index (χ0v) is 16.8. The molecule has 1 N–H and O–H groups in total. The lowest BCUT2D eigenvalue weighted by Gasteiger charge is -2.32. The lowest BCUT2D eigenvalue weighted by molar-refractivity contribution is -0.134. The molecule has 0 saturated carbocycles. The van der Waals surface area contributed by atoms with E-state index in [-0.39, 0.29) is 18.6 Å². The number of carbonyl (C=O) groups is 1. The lowest BCUT2D eigenvalue weighted by atomic mass is 10.1. The molecule has 1 aliphatic rings. The number of piperidine rings is 1. The molecule has 0 spiro atoms. The minimum absolute atomic E-state index is 0.0663. The topological polar surface area (TPSA) is 99.5 Å². The highest BCUT2D eigenvalue weighted by Crippen LogP contribution is 2.19. The average Bonchev–Trinajstić information content (AvgIpc) is 3.24. The van der Waals surface area contributed by atoms with Gasteiger partial charge in [-0.05, 0) is 42.0 Å². The Bertz CT molecular complexity index is 927. The molecule has 0 unspecified atom stereocenters. The number of benzene rings is 1. The Morgan fingerprint density at radius 3 is 2.57 bits per heavy atom. The van der Waals surface area contributed by atoms with Gasteiger partial charge in [-0.15, -0.1) is 11.3 Å². The summed E-state index contributed by atoms with van der Waals surface area (Å²) in [7, 11) is -3.49. The van der Waals surface area contributed by atoms with Crippen molar-refractivity contribution in [2.45, 2.75) is 29.5 Å². The summed E-state index contributed by atoms with van der Waals surface area (Å²) in [5.74, 6) is 0.453. The van der Waals surface area contributed by atoms with E-state index >= 15 is 0 Å². The van der Waals surface area contributed by atoms with Crippen LogP contribution < -0.4 is 9.46 Å². The minimum Gasteiger partial charge on any atom is -0.484 e. The van der Waals surface area contributed by atoms with Gasteiger partial charge in [0.25, 0.3) is 5.91 Å². The van der Waals surface area contributed by atoms with Crippen molar-refractivity contribution < 1.29 is 17.9 Å². The molecular weight excluding hydrogens is 398 g/mol. The highest BCUT2D eigenvalue weighted by atomic mass is 32.2. The monoisotopic (exact) mass is 419 g/mol. The highest BCUT2D eigenvalue weighted by molar-refractivity contribution is 7.91. The molecule has 0 bridgehead atoms. The number of nitriles is 1. The van der Waals surface area contributed by atoms with Crippen LogP contribution in [0.4, 0.5) is 0 Å². The zero-order chi connectivity index (χ0) is 20.0. The Kier molecular flexibility index (Phi) is 6.67. The maximum Gasteiger partial charge on any atom is 0.260 e. The summed E-state index contributed by atoms with van der Waals surface area (Å²) in [4.78, 5) is 14.0. The van der Waals surface area contributed by atoms with E-state index < -0.39 is 10.0 Å². The standard InChI is InChI=1S/C19H21N3O4S2/c20-10-7-15-3-5-17(6-4-15)26-14-18(23)22-11-8-16(9-12-22)21-28(24,25)19-2-1-13-27-19/h1-6,13,16,21H,7-9,11-12,14H2. The van der Waals surface area contributed by atoms with E-state index in [1.165, 1.54) is 11.3 Å². The van der Waals surface area contributed by atoms with Crippen molar-refractivity contribution in [1.29, 1.82) is 5.26 Å². The minimum atomic E-state index is -3.49. The molecule has 0 radical (unpaired) electrons. The molecule has 1 amide bonds. The van der Waals surface area contributed by atoms with Crippen molar-refractivity contribution in [1.82, 2.24) is 9.62 Å². The summed E-state index contributed by atoms with van der Waals surface area (Å²) in [5, 5.41) is 10.4. The first-order chi connectivity index (χ1) is 13.5. The molecule has 28 heavy (non-hydrogen) atoms. The van der Waals surface area contributed by atoms with Gasteiger partial charge in [0.15, 0.2) is 6.61 Å². The van der Waals surface area contributed by atoms with Crippen molar-refractivity contribution in [3.05, 3.63) is 47.3 Å². The molecule has 2 aromatic rings. The predicted molar refractivity (Wildman–Crippen MR) is 105 cm³/mol. The van der Waals surface area contributed by atoms with Crippen molar-refractivity contribution in [3.63, 3.8) is 0 Å². The molecule has 1 aliphatic heterocycles. The largest absolute Gasteiger partial charge is 0.484 e. The molecule has 2 heterocycles. The number of amides is 1. The summed E-state index contributed by atoms with van der Waals surface area (Å²) < 4.78 is 33.1. The van der Waals surface area contributed by atoms with Gasteiger partial charge in [0.2, 0.25) is 10.0 Å². The molecule has 148 valence electrons. The second kappa shape index (κ2) is 9.19. The predicted octanol–water partition coefficient (Wildman–Crippen LogP) is 2.16. The number of ether oxygens (including phenoxy) is 1. The molecule has 7 nitrogen and oxygen atoms in total. The number of nitrogens with one attached hydrogen (secondary N) is 1. The van der Waals surface area contributed by atoms with Gasteiger partial charge in [0.05, 0.1) is 12.5 Å². The Morgan fingerprint density at radius 1 is 1.25 bits per heavy atom. The molecule has 1 saturated heterocycles. The Balaban J connectivity index is 1.44. The number of thiophene rings is 1. The number of sulfonamides is 1. The van der Waals surface area contributed by atoms with Crippen LogP contribution in [0.25, 0.3) is 0 Å². The SMILES string of the molecule is N#CCc1ccc(OCC(=O)N2CCC(NS(=O)(=O)c3cccs3)CC2)cc1. The number of carbonyl (C=O) groups excluding carboxylic acids is 1. The normalized spacial score (nSPS) is 15.2. The Hall–Kier alpha value is -2.41. The fourth-order valence-corrected chi connectivity index (χ4v) is 5.29. The second-order valence-electron chi connectivity index (χ2n) is 6.48. The van der Waals surface area contributed by atoms with Gasteiger partial charge in [-0.3, -0.25) is 4.79 Å². The van der Waals surface area contributed by atoms with Gasteiger partial charge < -0.3 is 9.64 Å². The maximum absolute atomic E-state index is 12.3. The van der Waals surface area contributed by atoms with Crippen molar-refractivity contribution in [3.8, 4) is 11.8 Å². The first-order valence-electron chi connectivity index (χ1n) is 8.90. The van der Waals surface area contributed by atoms with E-state index in [9.17, 15) is 13.2 Å². The molecule has 3 rings (SSSR count). The van der Waals surface area contributed by atoms with E-state index in [0.29, 0.717) is 42.3 Å². The van der Waals surface area contributed by atoms with E-state index in [2.05, 4.69) is 10.8 Å². The van der Waals surface area contributed by atoms with E-state index in [1.807, 2.05) is 0 Å². The van der Waals surface area contributed by atoms with Crippen LogP contribution in [0.1, 0.15) is 18.4 Å². The van der Waals surface area contributed by atoms with E-state index in [0.717, 1.165) is 5.56 Å². The summed E-state index contributed by atoms with van der Waals surface area (Å²) in [6.45, 7) is 0.908. The smallest absolute Gasteiger partial charge is 0.260 e. The molecule has 1 aromatic carbocycles. The van der Waals surface area contributed by atoms with Crippen LogP contribution in [0.5, 0.6) is 5.75 Å². The lowest BCUT2D eigenvalue weighted by Crippen LogP contribution is -2.47. The Labute approximate surface area is 168 Å². The van der Waals surface area contributed by atoms with Crippen LogP contribution in [-0.2, 0) is 21.2 Å². The molecule has 0 aliphatic carbocycles. The number of likely N-dealkylation sites (tertiary alicyclic amines) is 1. The summed E-state index contributed by atoms with van der Waals surface area (Å²) in [5.41, 5.74) is 0.897.